The molecule has 0 aliphatic heterocycles. The van der Waals surface area contributed by atoms with Crippen LogP contribution in [0.1, 0.15) is 5.56 Å². The van der Waals surface area contributed by atoms with Gasteiger partial charge in [0.05, 0.1) is 0 Å². The maximum absolute atomic E-state index is 12.9. The van der Waals surface area contributed by atoms with Crippen LogP contribution in [0.2, 0.25) is 0 Å². The Labute approximate surface area is 167 Å². The fraction of sp³-hybridized carbons (Fsp3) is 0.188. The van der Waals surface area contributed by atoms with E-state index in [1.165, 1.54) is 37.4 Å². The summed E-state index contributed by atoms with van der Waals surface area (Å²) in [7, 11) is -4.33. The van der Waals surface area contributed by atoms with Crippen molar-refractivity contribution in [2.45, 2.75) is 12.1 Å². The molecule has 28 heavy (non-hydrogen) atoms. The number of hydrogen-bond acceptors (Lipinski definition) is 4. The Morgan fingerprint density at radius 1 is 1.11 bits per heavy atom. The average Bonchev–Trinajstić information content (AvgIpc) is 2.64. The second-order valence-corrected chi connectivity index (χ2v) is 11.8. The summed E-state index contributed by atoms with van der Waals surface area (Å²) in [5, 5.41) is 0. The molecule has 154 valence electrons. The van der Waals surface area contributed by atoms with Gasteiger partial charge in [-0.25, -0.2) is 0 Å². The molecule has 0 aliphatic carbocycles. The van der Waals surface area contributed by atoms with Gasteiger partial charge in [0.25, 0.3) is 0 Å². The van der Waals surface area contributed by atoms with Crippen molar-refractivity contribution in [3.8, 4) is 5.75 Å². The monoisotopic (exact) mass is 532 g/mol. The van der Waals surface area contributed by atoms with Gasteiger partial charge in [-0.3, -0.25) is 0 Å². The fourth-order valence-electron chi connectivity index (χ4n) is 1.96. The van der Waals surface area contributed by atoms with E-state index in [1.807, 2.05) is 0 Å². The van der Waals surface area contributed by atoms with Gasteiger partial charge in [-0.15, -0.1) is 0 Å². The predicted octanol–water partition coefficient (Wildman–Crippen LogP) is 0.876. The summed E-state index contributed by atoms with van der Waals surface area (Å²) in [4.78, 5) is 2.69. The van der Waals surface area contributed by atoms with Crippen LogP contribution in [0.25, 0.3) is 0 Å². The maximum atomic E-state index is 12.9. The normalized spacial score (nSPS) is 12.4. The topological polar surface area (TPSA) is 119 Å². The molecular formula is C16H18F3IN3O4S+. The molecule has 0 heterocycles. The number of nitrogens with two attached hydrogens (primary N) is 2. The Bertz CT molecular complexity index is 946. The Hall–Kier alpha value is -2.06. The molecule has 0 atom stereocenters. The molecule has 0 aromatic heterocycles. The van der Waals surface area contributed by atoms with Gasteiger partial charge in [-0.2, -0.15) is 0 Å². The van der Waals surface area contributed by atoms with Crippen LogP contribution in [0.3, 0.4) is 0 Å². The number of nitrogens with one attached hydrogen (secondary N) is 1. The molecule has 5 N–H and O–H groups in total. The molecule has 0 unspecified atom stereocenters. The number of methoxy groups -OCH3 is 1. The molecule has 0 bridgehead atoms. The first-order valence-electron chi connectivity index (χ1n) is 7.59. The van der Waals surface area contributed by atoms with E-state index in [1.54, 1.807) is 18.2 Å². The van der Waals surface area contributed by atoms with E-state index in [0.717, 1.165) is 0 Å². The van der Waals surface area contributed by atoms with Gasteiger partial charge in [0.1, 0.15) is 0 Å². The number of guanidine groups is 1. The van der Waals surface area contributed by atoms with Crippen molar-refractivity contribution in [1.29, 1.82) is 0 Å². The third kappa shape index (κ3) is 5.72. The number of rotatable bonds is 7. The van der Waals surface area contributed by atoms with E-state index in [-0.39, 0.29) is 12.5 Å². The minimum absolute atomic E-state index is 0.0215. The molecule has 2 aromatic rings. The summed E-state index contributed by atoms with van der Waals surface area (Å²) in [6.45, 7) is 0.217. The van der Waals surface area contributed by atoms with E-state index in [0.29, 0.717) is 18.5 Å². The van der Waals surface area contributed by atoms with Crippen molar-refractivity contribution in [2.24, 2.45) is 11.5 Å². The summed E-state index contributed by atoms with van der Waals surface area (Å²) in [5.41, 5.74) is 5.81. The van der Waals surface area contributed by atoms with Gasteiger partial charge < -0.3 is 0 Å². The van der Waals surface area contributed by atoms with Crippen molar-refractivity contribution in [1.82, 2.24) is 0 Å². The third-order valence-electron chi connectivity index (χ3n) is 3.26. The minimum atomic E-state index is -5.77. The zero-order chi connectivity index (χ0) is 20.9. The number of hydrogen-bond donors (Lipinski definition) is 3. The Kier molecular flexibility index (Phi) is 7.11. The summed E-state index contributed by atoms with van der Waals surface area (Å²) in [6.07, 6.45) is 0. The van der Waals surface area contributed by atoms with Crippen LogP contribution in [-0.4, -0.2) is 27.0 Å². The van der Waals surface area contributed by atoms with Crippen molar-refractivity contribution in [3.63, 3.8) is 0 Å². The summed E-state index contributed by atoms with van der Waals surface area (Å²) >= 11 is -3.47. The van der Waals surface area contributed by atoms with E-state index in [9.17, 15) is 21.6 Å². The second-order valence-electron chi connectivity index (χ2n) is 5.31. The molecule has 0 spiro atoms. The Balaban J connectivity index is 2.49. The van der Waals surface area contributed by atoms with Gasteiger partial charge in [-0.1, -0.05) is 0 Å². The average molecular weight is 532 g/mol. The standard InChI is InChI=1S/C16H17F3IN3O4S/c1-26-14-7-5-12(6-8-14)20(27-28(24,25)16(17,18)19)13-4-2-3-11(9-13)10-23-15(21)22/h2-9H,10H2,1H3,(H4,21,22,23)/p+1. The van der Waals surface area contributed by atoms with E-state index in [4.69, 9.17) is 18.7 Å². The molecule has 0 fully saturated rings. The van der Waals surface area contributed by atoms with Gasteiger partial charge >= 0.3 is 168 Å². The van der Waals surface area contributed by atoms with Crippen LogP contribution < -0.4 is 21.2 Å². The van der Waals surface area contributed by atoms with Crippen LogP contribution in [0.15, 0.2) is 48.5 Å². The van der Waals surface area contributed by atoms with E-state index < -0.39 is 35.9 Å². The number of alkyl halides is 3. The zero-order valence-electron chi connectivity index (χ0n) is 14.5. The molecular weight excluding hydrogens is 514 g/mol. The van der Waals surface area contributed by atoms with Crippen molar-refractivity contribution in [2.75, 3.05) is 7.11 Å². The fourth-order valence-corrected chi connectivity index (χ4v) is 8.57. The van der Waals surface area contributed by atoms with E-state index >= 15 is 0 Å². The molecule has 2 rings (SSSR count). The van der Waals surface area contributed by atoms with Crippen molar-refractivity contribution >= 4 is 36.3 Å². The summed E-state index contributed by atoms with van der Waals surface area (Å²) in [5.74, 6) is 0.456. The zero-order valence-corrected chi connectivity index (χ0v) is 17.5. The summed E-state index contributed by atoms with van der Waals surface area (Å²) in [6, 6.07) is 12.4. The van der Waals surface area contributed by atoms with Crippen molar-refractivity contribution < 1.29 is 33.8 Å². The quantitative estimate of drug-likeness (QED) is 0.211. The van der Waals surface area contributed by atoms with Crippen LogP contribution in [-0.2, 0) is 19.2 Å². The molecule has 0 saturated carbocycles. The number of halogens is 4. The van der Waals surface area contributed by atoms with Crippen LogP contribution >= 0.6 is 20.2 Å². The van der Waals surface area contributed by atoms with Gasteiger partial charge in [0, 0.05) is 0 Å². The van der Waals surface area contributed by atoms with Gasteiger partial charge in [0.2, 0.25) is 0 Å². The van der Waals surface area contributed by atoms with Crippen LogP contribution in [0, 0.1) is 7.14 Å². The number of ether oxygens (including phenoxy) is 1. The first-order valence-corrected chi connectivity index (χ1v) is 12.0. The van der Waals surface area contributed by atoms with E-state index in [2.05, 4.69) is 4.99 Å². The second kappa shape index (κ2) is 8.96. The molecule has 0 aliphatic rings. The molecule has 7 nitrogen and oxygen atoms in total. The van der Waals surface area contributed by atoms with Gasteiger partial charge in [0.15, 0.2) is 0 Å². The van der Waals surface area contributed by atoms with Gasteiger partial charge in [-0.05, 0) is 0 Å². The van der Waals surface area contributed by atoms with Crippen molar-refractivity contribution in [3.05, 3.63) is 61.2 Å². The van der Waals surface area contributed by atoms with Crippen LogP contribution in [0.5, 0.6) is 5.75 Å². The molecule has 0 amide bonds. The Morgan fingerprint density at radius 2 is 1.75 bits per heavy atom. The number of benzene rings is 2. The molecule has 2 aromatic carbocycles. The molecule has 12 heteroatoms. The first-order chi connectivity index (χ1) is 13.0. The molecule has 0 radical (unpaired) electrons. The Morgan fingerprint density at radius 3 is 2.29 bits per heavy atom. The van der Waals surface area contributed by atoms with Crippen LogP contribution in [0.4, 0.5) is 13.2 Å². The SMILES string of the molecule is COc1ccc(I(OS(=O)(=O)C(F)(F)F)c2cccc(C[NH+]=C(N)N)c2)cc1. The molecule has 0 saturated heterocycles. The first kappa shape index (κ1) is 22.2. The third-order valence-corrected chi connectivity index (χ3v) is 10.3. The predicted molar refractivity (Wildman–Crippen MR) is 105 cm³/mol. The summed E-state index contributed by atoms with van der Waals surface area (Å²) < 4.78 is 72.4.